The van der Waals surface area contributed by atoms with Crippen LogP contribution in [0.1, 0.15) is 22.3 Å². The number of benzene rings is 7. The van der Waals surface area contributed by atoms with Gasteiger partial charge in [-0.25, -0.2) is 0 Å². The summed E-state index contributed by atoms with van der Waals surface area (Å²) in [6.07, 6.45) is 3.73. The lowest BCUT2D eigenvalue weighted by Crippen LogP contribution is -2.28. The molecule has 8 aromatic rings. The van der Waals surface area contributed by atoms with Crippen LogP contribution < -0.4 is 4.90 Å². The molecule has 2 nitrogen and oxygen atoms in total. The summed E-state index contributed by atoms with van der Waals surface area (Å²) in [7, 11) is 0. The van der Waals surface area contributed by atoms with Crippen molar-refractivity contribution in [2.75, 3.05) is 4.90 Å². The summed E-state index contributed by atoms with van der Waals surface area (Å²) >= 11 is 0. The molecule has 1 aliphatic carbocycles. The third-order valence-corrected chi connectivity index (χ3v) is 10.1. The van der Waals surface area contributed by atoms with Gasteiger partial charge >= 0.3 is 0 Å². The van der Waals surface area contributed by atoms with Crippen LogP contribution in [0.3, 0.4) is 0 Å². The second-order valence-electron chi connectivity index (χ2n) is 12.8. The van der Waals surface area contributed by atoms with E-state index in [2.05, 4.69) is 198 Å². The molecule has 0 radical (unpaired) electrons. The zero-order valence-corrected chi connectivity index (χ0v) is 27.5. The summed E-state index contributed by atoms with van der Waals surface area (Å²) in [4.78, 5) is 6.73. The molecule has 0 unspecified atom stereocenters. The average molecular weight is 639 g/mol. The quantitative estimate of drug-likeness (QED) is 0.173. The van der Waals surface area contributed by atoms with Gasteiger partial charge in [-0.2, -0.15) is 0 Å². The van der Waals surface area contributed by atoms with Crippen LogP contribution in [-0.2, 0) is 5.41 Å². The Balaban J connectivity index is 1.25. The molecule has 0 saturated carbocycles. The summed E-state index contributed by atoms with van der Waals surface area (Å²) in [6, 6.07) is 70.3. The standard InChI is InChI=1S/C48H34N2/c1-4-13-35(14-5-1)36-22-26-41(27-23-36)50(42-28-24-37(25-29-42)38-15-12-32-49-34-38)43-30-31-45-44-20-10-11-21-46(44)48(47(45)33-43,39-16-6-2-7-17-39)40-18-8-3-9-19-40/h1-34H. The van der Waals surface area contributed by atoms with Crippen molar-refractivity contribution in [2.24, 2.45) is 0 Å². The predicted molar refractivity (Wildman–Crippen MR) is 207 cm³/mol. The molecule has 1 aromatic heterocycles. The fraction of sp³-hybridized carbons (Fsp3) is 0.0208. The number of pyridine rings is 1. The minimum absolute atomic E-state index is 0.475. The van der Waals surface area contributed by atoms with Crippen molar-refractivity contribution in [3.63, 3.8) is 0 Å². The van der Waals surface area contributed by atoms with Crippen LogP contribution >= 0.6 is 0 Å². The topological polar surface area (TPSA) is 16.1 Å². The van der Waals surface area contributed by atoms with Crippen molar-refractivity contribution in [3.8, 4) is 33.4 Å². The molecule has 0 bridgehead atoms. The van der Waals surface area contributed by atoms with Crippen LogP contribution in [0.4, 0.5) is 17.1 Å². The Morgan fingerprint density at radius 3 is 1.44 bits per heavy atom. The Hall–Kier alpha value is -6.51. The molecular weight excluding hydrogens is 605 g/mol. The van der Waals surface area contributed by atoms with Gasteiger partial charge < -0.3 is 4.90 Å². The zero-order chi connectivity index (χ0) is 33.3. The summed E-state index contributed by atoms with van der Waals surface area (Å²) in [6.45, 7) is 0. The van der Waals surface area contributed by atoms with Crippen molar-refractivity contribution in [1.82, 2.24) is 4.98 Å². The van der Waals surface area contributed by atoms with Crippen molar-refractivity contribution in [1.29, 1.82) is 0 Å². The molecule has 0 aliphatic heterocycles. The number of hydrogen-bond donors (Lipinski definition) is 0. The third-order valence-electron chi connectivity index (χ3n) is 10.1. The highest BCUT2D eigenvalue weighted by Gasteiger charge is 2.46. The maximum absolute atomic E-state index is 4.35. The van der Waals surface area contributed by atoms with E-state index in [0.717, 1.165) is 28.2 Å². The Morgan fingerprint density at radius 1 is 0.360 bits per heavy atom. The largest absolute Gasteiger partial charge is 0.310 e. The van der Waals surface area contributed by atoms with E-state index in [1.807, 2.05) is 18.5 Å². The molecule has 0 N–H and O–H groups in total. The molecule has 0 saturated heterocycles. The van der Waals surface area contributed by atoms with Gasteiger partial charge in [0.2, 0.25) is 0 Å². The molecule has 0 spiro atoms. The molecule has 50 heavy (non-hydrogen) atoms. The number of fused-ring (bicyclic) bond motifs is 3. The van der Waals surface area contributed by atoms with Crippen molar-refractivity contribution in [2.45, 2.75) is 5.41 Å². The molecule has 0 amide bonds. The van der Waals surface area contributed by atoms with Gasteiger partial charge in [-0.05, 0) is 98.1 Å². The minimum Gasteiger partial charge on any atom is -0.310 e. The lowest BCUT2D eigenvalue weighted by Gasteiger charge is -2.35. The minimum atomic E-state index is -0.475. The van der Waals surface area contributed by atoms with Crippen LogP contribution in [0.15, 0.2) is 207 Å². The highest BCUT2D eigenvalue weighted by atomic mass is 15.1. The van der Waals surface area contributed by atoms with Crippen LogP contribution in [0.2, 0.25) is 0 Å². The number of anilines is 3. The van der Waals surface area contributed by atoms with Crippen LogP contribution in [0.25, 0.3) is 33.4 Å². The number of aromatic nitrogens is 1. The molecule has 236 valence electrons. The Kier molecular flexibility index (Phi) is 7.40. The van der Waals surface area contributed by atoms with Crippen molar-refractivity contribution < 1.29 is 0 Å². The van der Waals surface area contributed by atoms with E-state index < -0.39 is 5.41 Å². The normalized spacial score (nSPS) is 12.6. The average Bonchev–Trinajstić information content (AvgIpc) is 3.50. The van der Waals surface area contributed by atoms with E-state index in [0.29, 0.717) is 0 Å². The third kappa shape index (κ3) is 4.93. The van der Waals surface area contributed by atoms with Gasteiger partial charge in [0.1, 0.15) is 0 Å². The molecule has 7 aromatic carbocycles. The van der Waals surface area contributed by atoms with E-state index in [-0.39, 0.29) is 0 Å². The Bertz CT molecular complexity index is 2260. The highest BCUT2D eigenvalue weighted by Crippen LogP contribution is 2.57. The Morgan fingerprint density at radius 2 is 0.840 bits per heavy atom. The fourth-order valence-corrected chi connectivity index (χ4v) is 7.79. The lowest BCUT2D eigenvalue weighted by atomic mass is 9.67. The maximum atomic E-state index is 4.35. The van der Waals surface area contributed by atoms with Crippen LogP contribution in [0, 0.1) is 0 Å². The first-order valence-electron chi connectivity index (χ1n) is 17.1. The van der Waals surface area contributed by atoms with Gasteiger partial charge in [0, 0.05) is 29.5 Å². The predicted octanol–water partition coefficient (Wildman–Crippen LogP) is 12.2. The van der Waals surface area contributed by atoms with Gasteiger partial charge in [-0.1, -0.05) is 152 Å². The number of nitrogens with zero attached hydrogens (tertiary/aromatic N) is 2. The monoisotopic (exact) mass is 638 g/mol. The van der Waals surface area contributed by atoms with E-state index in [4.69, 9.17) is 0 Å². The van der Waals surface area contributed by atoms with Gasteiger partial charge in [-0.15, -0.1) is 0 Å². The van der Waals surface area contributed by atoms with Gasteiger partial charge in [0.15, 0.2) is 0 Å². The highest BCUT2D eigenvalue weighted by molar-refractivity contribution is 5.90. The van der Waals surface area contributed by atoms with Crippen LogP contribution in [0.5, 0.6) is 0 Å². The first-order chi connectivity index (χ1) is 24.8. The summed E-state index contributed by atoms with van der Waals surface area (Å²) < 4.78 is 0. The van der Waals surface area contributed by atoms with Crippen molar-refractivity contribution >= 4 is 17.1 Å². The van der Waals surface area contributed by atoms with Gasteiger partial charge in [-0.3, -0.25) is 4.98 Å². The zero-order valence-electron chi connectivity index (χ0n) is 27.5. The summed E-state index contributed by atoms with van der Waals surface area (Å²) in [5.74, 6) is 0. The van der Waals surface area contributed by atoms with Gasteiger partial charge in [0.25, 0.3) is 0 Å². The molecule has 9 rings (SSSR count). The number of hydrogen-bond acceptors (Lipinski definition) is 2. The SMILES string of the molecule is c1ccc(-c2ccc(N(c3ccc(-c4cccnc4)cc3)c3ccc4c(c3)C(c3ccccc3)(c3ccccc3)c3ccccc3-4)cc2)cc1. The smallest absolute Gasteiger partial charge is 0.0714 e. The lowest BCUT2D eigenvalue weighted by molar-refractivity contribution is 0.768. The summed E-state index contributed by atoms with van der Waals surface area (Å²) in [5, 5.41) is 0. The Labute approximate surface area is 293 Å². The maximum Gasteiger partial charge on any atom is 0.0714 e. The second kappa shape index (κ2) is 12.5. The number of rotatable bonds is 7. The molecule has 2 heteroatoms. The first-order valence-corrected chi connectivity index (χ1v) is 17.1. The van der Waals surface area contributed by atoms with E-state index >= 15 is 0 Å². The van der Waals surface area contributed by atoms with Crippen LogP contribution in [-0.4, -0.2) is 4.98 Å². The second-order valence-corrected chi connectivity index (χ2v) is 12.8. The molecule has 0 fully saturated rings. The van der Waals surface area contributed by atoms with Gasteiger partial charge in [0.05, 0.1) is 5.41 Å². The van der Waals surface area contributed by atoms with E-state index in [1.165, 1.54) is 44.5 Å². The van der Waals surface area contributed by atoms with E-state index in [9.17, 15) is 0 Å². The summed E-state index contributed by atoms with van der Waals surface area (Å²) in [5.41, 5.74) is 15.1. The fourth-order valence-electron chi connectivity index (χ4n) is 7.79. The molecule has 0 atom stereocenters. The molecule has 1 heterocycles. The molecule has 1 aliphatic rings. The first kappa shape index (κ1) is 29.6. The molecular formula is C48H34N2. The van der Waals surface area contributed by atoms with Crippen molar-refractivity contribution in [3.05, 3.63) is 229 Å². The van der Waals surface area contributed by atoms with E-state index in [1.54, 1.807) is 0 Å².